The average molecular weight is 256 g/mol. The van der Waals surface area contributed by atoms with E-state index in [1.54, 1.807) is 0 Å². The highest BCUT2D eigenvalue weighted by Crippen LogP contribution is 2.29. The van der Waals surface area contributed by atoms with Gasteiger partial charge < -0.3 is 14.6 Å². The summed E-state index contributed by atoms with van der Waals surface area (Å²) in [5.74, 6) is 0. The fraction of sp³-hybridized carbons (Fsp3) is 0.250. The maximum Gasteiger partial charge on any atom is 0.184 e. The summed E-state index contributed by atoms with van der Waals surface area (Å²) in [6.45, 7) is 1.32. The quantitative estimate of drug-likeness (QED) is 0.917. The molecule has 1 saturated heterocycles. The molecule has 3 nitrogen and oxygen atoms in total. The normalized spacial score (nSPS) is 15.8. The van der Waals surface area contributed by atoms with E-state index in [0.29, 0.717) is 13.2 Å². The summed E-state index contributed by atoms with van der Waals surface area (Å²) < 4.78 is 11.0. The van der Waals surface area contributed by atoms with Gasteiger partial charge in [0.05, 0.1) is 19.8 Å². The summed E-state index contributed by atoms with van der Waals surface area (Å²) in [4.78, 5) is 0. The van der Waals surface area contributed by atoms with Crippen molar-refractivity contribution in [3.63, 3.8) is 0 Å². The predicted molar refractivity (Wildman–Crippen MR) is 72.4 cm³/mol. The second kappa shape index (κ2) is 5.53. The molecular formula is C16H16O3. The van der Waals surface area contributed by atoms with Crippen LogP contribution >= 0.6 is 0 Å². The van der Waals surface area contributed by atoms with E-state index >= 15 is 0 Å². The first-order valence-electron chi connectivity index (χ1n) is 6.41. The Bertz CT molecular complexity index is 559. The summed E-state index contributed by atoms with van der Waals surface area (Å²) in [7, 11) is 0. The van der Waals surface area contributed by atoms with Crippen LogP contribution in [0.3, 0.4) is 0 Å². The lowest BCUT2D eigenvalue weighted by atomic mass is 9.98. The molecule has 0 amide bonds. The minimum atomic E-state index is -0.263. The monoisotopic (exact) mass is 256 g/mol. The Labute approximate surface area is 112 Å². The third-order valence-electron chi connectivity index (χ3n) is 3.28. The number of aliphatic hydroxyl groups is 1. The number of aliphatic hydroxyl groups excluding tert-OH is 1. The maximum atomic E-state index is 9.41. The Morgan fingerprint density at radius 3 is 2.58 bits per heavy atom. The summed E-state index contributed by atoms with van der Waals surface area (Å²) >= 11 is 0. The van der Waals surface area contributed by atoms with Crippen molar-refractivity contribution >= 4 is 0 Å². The zero-order valence-corrected chi connectivity index (χ0v) is 10.6. The maximum absolute atomic E-state index is 9.41. The lowest BCUT2D eigenvalue weighted by molar-refractivity contribution is -0.0440. The predicted octanol–water partition coefficient (Wildman–Crippen LogP) is 2.89. The van der Waals surface area contributed by atoms with Gasteiger partial charge in [-0.1, -0.05) is 42.5 Å². The molecule has 0 atom stereocenters. The third-order valence-corrected chi connectivity index (χ3v) is 3.28. The van der Waals surface area contributed by atoms with Gasteiger partial charge in [0.2, 0.25) is 0 Å². The van der Waals surface area contributed by atoms with Gasteiger partial charge in [0, 0.05) is 5.56 Å². The van der Waals surface area contributed by atoms with Gasteiger partial charge in [-0.15, -0.1) is 0 Å². The standard InChI is InChI=1S/C16H16O3/c17-11-14-4-1-2-7-15(14)12-5-3-6-13(10-12)16-18-8-9-19-16/h1-7,10,16-17H,8-9,11H2. The van der Waals surface area contributed by atoms with Crippen molar-refractivity contribution in [2.45, 2.75) is 12.9 Å². The second-order valence-corrected chi connectivity index (χ2v) is 4.51. The van der Waals surface area contributed by atoms with Crippen molar-refractivity contribution in [3.8, 4) is 11.1 Å². The van der Waals surface area contributed by atoms with Crippen molar-refractivity contribution in [3.05, 3.63) is 59.7 Å². The third kappa shape index (κ3) is 2.54. The lowest BCUT2D eigenvalue weighted by Gasteiger charge is -2.12. The van der Waals surface area contributed by atoms with Crippen molar-refractivity contribution in [1.29, 1.82) is 0 Å². The Balaban J connectivity index is 1.98. The van der Waals surface area contributed by atoms with Crippen LogP contribution in [0.4, 0.5) is 0 Å². The van der Waals surface area contributed by atoms with Crippen LogP contribution in [0, 0.1) is 0 Å². The molecule has 1 aliphatic heterocycles. The molecule has 2 aromatic rings. The Morgan fingerprint density at radius 1 is 1.00 bits per heavy atom. The summed E-state index contributed by atoms with van der Waals surface area (Å²) in [6.07, 6.45) is -0.263. The molecule has 98 valence electrons. The van der Waals surface area contributed by atoms with Gasteiger partial charge in [0.25, 0.3) is 0 Å². The fourth-order valence-electron chi connectivity index (χ4n) is 2.34. The number of rotatable bonds is 3. The van der Waals surface area contributed by atoms with E-state index in [0.717, 1.165) is 22.3 Å². The van der Waals surface area contributed by atoms with Crippen molar-refractivity contribution in [2.75, 3.05) is 13.2 Å². The molecule has 1 aliphatic rings. The van der Waals surface area contributed by atoms with Gasteiger partial charge in [0.15, 0.2) is 6.29 Å². The number of hydrogen-bond donors (Lipinski definition) is 1. The minimum absolute atomic E-state index is 0.0385. The molecule has 1 heterocycles. The van der Waals surface area contributed by atoms with E-state index in [4.69, 9.17) is 9.47 Å². The molecule has 2 aromatic carbocycles. The van der Waals surface area contributed by atoms with Crippen LogP contribution in [0.1, 0.15) is 17.4 Å². The average Bonchev–Trinajstić information content (AvgIpc) is 3.01. The Hall–Kier alpha value is -1.68. The first kappa shape index (κ1) is 12.4. The van der Waals surface area contributed by atoms with Gasteiger partial charge >= 0.3 is 0 Å². The Kier molecular flexibility index (Phi) is 3.60. The molecular weight excluding hydrogens is 240 g/mol. The van der Waals surface area contributed by atoms with Crippen LogP contribution in [0.15, 0.2) is 48.5 Å². The molecule has 1 fully saturated rings. The van der Waals surface area contributed by atoms with Gasteiger partial charge in [-0.3, -0.25) is 0 Å². The topological polar surface area (TPSA) is 38.7 Å². The van der Waals surface area contributed by atoms with Crippen LogP contribution < -0.4 is 0 Å². The van der Waals surface area contributed by atoms with E-state index in [1.165, 1.54) is 0 Å². The number of ether oxygens (including phenoxy) is 2. The molecule has 0 aliphatic carbocycles. The molecule has 19 heavy (non-hydrogen) atoms. The van der Waals surface area contributed by atoms with Gasteiger partial charge in [-0.2, -0.15) is 0 Å². The first-order chi connectivity index (χ1) is 9.38. The van der Waals surface area contributed by atoms with Crippen molar-refractivity contribution in [1.82, 2.24) is 0 Å². The molecule has 0 bridgehead atoms. The highest BCUT2D eigenvalue weighted by molar-refractivity contribution is 5.67. The smallest absolute Gasteiger partial charge is 0.184 e. The van der Waals surface area contributed by atoms with Crippen LogP contribution in [-0.2, 0) is 16.1 Å². The molecule has 0 unspecified atom stereocenters. The Morgan fingerprint density at radius 2 is 1.79 bits per heavy atom. The van der Waals surface area contributed by atoms with Gasteiger partial charge in [-0.25, -0.2) is 0 Å². The van der Waals surface area contributed by atoms with E-state index < -0.39 is 0 Å². The molecule has 0 spiro atoms. The van der Waals surface area contributed by atoms with E-state index in [1.807, 2.05) is 42.5 Å². The van der Waals surface area contributed by atoms with Crippen molar-refractivity contribution < 1.29 is 14.6 Å². The molecule has 1 N–H and O–H groups in total. The largest absolute Gasteiger partial charge is 0.392 e. The number of benzene rings is 2. The molecule has 0 aromatic heterocycles. The summed E-state index contributed by atoms with van der Waals surface area (Å²) in [5, 5.41) is 9.41. The molecule has 0 saturated carbocycles. The van der Waals surface area contributed by atoms with E-state index in [-0.39, 0.29) is 12.9 Å². The SMILES string of the molecule is OCc1ccccc1-c1cccc(C2OCCO2)c1. The minimum Gasteiger partial charge on any atom is -0.392 e. The zero-order chi connectivity index (χ0) is 13.1. The highest BCUT2D eigenvalue weighted by Gasteiger charge is 2.18. The van der Waals surface area contributed by atoms with Gasteiger partial charge in [0.1, 0.15) is 0 Å². The van der Waals surface area contributed by atoms with Crippen LogP contribution in [-0.4, -0.2) is 18.3 Å². The molecule has 3 rings (SSSR count). The van der Waals surface area contributed by atoms with E-state index in [9.17, 15) is 5.11 Å². The van der Waals surface area contributed by atoms with Crippen molar-refractivity contribution in [2.24, 2.45) is 0 Å². The van der Waals surface area contributed by atoms with E-state index in [2.05, 4.69) is 6.07 Å². The number of hydrogen-bond acceptors (Lipinski definition) is 3. The zero-order valence-electron chi connectivity index (χ0n) is 10.6. The highest BCUT2D eigenvalue weighted by atomic mass is 16.7. The lowest BCUT2D eigenvalue weighted by Crippen LogP contribution is -1.98. The summed E-state index contributed by atoms with van der Waals surface area (Å²) in [6, 6.07) is 15.9. The van der Waals surface area contributed by atoms with Gasteiger partial charge in [-0.05, 0) is 22.8 Å². The first-order valence-corrected chi connectivity index (χ1v) is 6.41. The van der Waals surface area contributed by atoms with Crippen LogP contribution in [0.5, 0.6) is 0 Å². The molecule has 0 radical (unpaired) electrons. The molecule has 3 heteroatoms. The fourth-order valence-corrected chi connectivity index (χ4v) is 2.34. The van der Waals surface area contributed by atoms with Crippen LogP contribution in [0.25, 0.3) is 11.1 Å². The second-order valence-electron chi connectivity index (χ2n) is 4.51. The summed E-state index contributed by atoms with van der Waals surface area (Å²) in [5.41, 5.74) is 4.06. The van der Waals surface area contributed by atoms with Crippen LogP contribution in [0.2, 0.25) is 0 Å².